The van der Waals surface area contributed by atoms with Gasteiger partial charge in [-0.05, 0) is 72.2 Å². The lowest BCUT2D eigenvalue weighted by atomic mass is 9.97. The van der Waals surface area contributed by atoms with E-state index in [0.29, 0.717) is 33.0 Å². The molecule has 2 aromatic carbocycles. The van der Waals surface area contributed by atoms with Gasteiger partial charge in [0, 0.05) is 38.6 Å². The SMILES string of the molecule is COCCOCCOCCCC(=CC(N)=O)c1ccc2cc(N3CCCCC3)ccc2c1. The van der Waals surface area contributed by atoms with Gasteiger partial charge < -0.3 is 24.8 Å². The summed E-state index contributed by atoms with van der Waals surface area (Å²) in [5, 5.41) is 2.38. The van der Waals surface area contributed by atoms with E-state index in [1.165, 1.54) is 41.8 Å². The van der Waals surface area contributed by atoms with Crippen LogP contribution in [0.5, 0.6) is 0 Å². The second kappa shape index (κ2) is 13.2. The number of rotatable bonds is 13. The van der Waals surface area contributed by atoms with Crippen LogP contribution < -0.4 is 10.6 Å². The molecule has 1 heterocycles. The Labute approximate surface area is 191 Å². The third-order valence-corrected chi connectivity index (χ3v) is 5.77. The second-order valence-electron chi connectivity index (χ2n) is 8.19. The number of fused-ring (bicyclic) bond motifs is 1. The van der Waals surface area contributed by atoms with Gasteiger partial charge in [-0.3, -0.25) is 4.79 Å². The maximum absolute atomic E-state index is 11.6. The Morgan fingerprint density at radius 1 is 0.938 bits per heavy atom. The molecule has 0 spiro atoms. The van der Waals surface area contributed by atoms with E-state index in [9.17, 15) is 4.79 Å². The topological polar surface area (TPSA) is 74.0 Å². The van der Waals surface area contributed by atoms with Gasteiger partial charge in [-0.2, -0.15) is 0 Å². The molecule has 0 aromatic heterocycles. The van der Waals surface area contributed by atoms with Gasteiger partial charge in [0.1, 0.15) is 0 Å². The number of benzene rings is 2. The number of allylic oxidation sites excluding steroid dienone is 1. The van der Waals surface area contributed by atoms with E-state index in [1.54, 1.807) is 7.11 Å². The molecule has 3 rings (SSSR count). The van der Waals surface area contributed by atoms with Crippen molar-refractivity contribution >= 4 is 27.9 Å². The molecule has 6 nitrogen and oxygen atoms in total. The Bertz CT molecular complexity index is 891. The van der Waals surface area contributed by atoms with Gasteiger partial charge in [-0.15, -0.1) is 0 Å². The maximum Gasteiger partial charge on any atom is 0.241 e. The number of nitrogens with two attached hydrogens (primary N) is 1. The third kappa shape index (κ3) is 7.62. The molecule has 1 aliphatic heterocycles. The Morgan fingerprint density at radius 3 is 2.38 bits per heavy atom. The highest BCUT2D eigenvalue weighted by atomic mass is 16.5. The molecule has 0 aliphatic carbocycles. The number of anilines is 1. The minimum Gasteiger partial charge on any atom is -0.382 e. The van der Waals surface area contributed by atoms with E-state index >= 15 is 0 Å². The Balaban J connectivity index is 1.58. The molecule has 1 aliphatic rings. The number of piperidine rings is 1. The first-order valence-electron chi connectivity index (χ1n) is 11.6. The lowest BCUT2D eigenvalue weighted by Crippen LogP contribution is -2.29. The highest BCUT2D eigenvalue weighted by Crippen LogP contribution is 2.28. The van der Waals surface area contributed by atoms with Crippen molar-refractivity contribution in [3.05, 3.63) is 48.0 Å². The fourth-order valence-corrected chi connectivity index (χ4v) is 4.08. The summed E-state index contributed by atoms with van der Waals surface area (Å²) in [7, 11) is 1.65. The Morgan fingerprint density at radius 2 is 1.62 bits per heavy atom. The van der Waals surface area contributed by atoms with Crippen molar-refractivity contribution in [1.82, 2.24) is 0 Å². The smallest absolute Gasteiger partial charge is 0.241 e. The van der Waals surface area contributed by atoms with Crippen molar-refractivity contribution in [2.75, 3.05) is 58.1 Å². The summed E-state index contributed by atoms with van der Waals surface area (Å²) in [4.78, 5) is 14.1. The number of primary amides is 1. The lowest BCUT2D eigenvalue weighted by Gasteiger charge is -2.29. The average Bonchev–Trinajstić information content (AvgIpc) is 2.82. The van der Waals surface area contributed by atoms with E-state index in [2.05, 4.69) is 41.3 Å². The number of ether oxygens (including phenoxy) is 3. The summed E-state index contributed by atoms with van der Waals surface area (Å²) in [6, 6.07) is 13.0. The number of hydrogen-bond acceptors (Lipinski definition) is 5. The van der Waals surface area contributed by atoms with Crippen molar-refractivity contribution in [2.45, 2.75) is 32.1 Å². The molecular formula is C26H36N2O4. The first-order valence-corrected chi connectivity index (χ1v) is 11.6. The molecule has 1 amide bonds. The molecule has 0 atom stereocenters. The Hall–Kier alpha value is -2.41. The first kappa shape index (κ1) is 24.2. The fourth-order valence-electron chi connectivity index (χ4n) is 4.08. The largest absolute Gasteiger partial charge is 0.382 e. The summed E-state index contributed by atoms with van der Waals surface area (Å²) < 4.78 is 16.0. The number of nitrogens with zero attached hydrogens (tertiary/aromatic N) is 1. The van der Waals surface area contributed by atoms with E-state index in [0.717, 1.165) is 37.1 Å². The fraction of sp³-hybridized carbons (Fsp3) is 0.500. The monoisotopic (exact) mass is 440 g/mol. The zero-order chi connectivity index (χ0) is 22.6. The molecule has 2 N–H and O–H groups in total. The van der Waals surface area contributed by atoms with Gasteiger partial charge in [-0.1, -0.05) is 18.2 Å². The first-order chi connectivity index (χ1) is 15.7. The van der Waals surface area contributed by atoms with E-state index in [1.807, 2.05) is 0 Å². The zero-order valence-corrected chi connectivity index (χ0v) is 19.2. The van der Waals surface area contributed by atoms with Crippen LogP contribution in [0.1, 0.15) is 37.7 Å². The van der Waals surface area contributed by atoms with Crippen molar-refractivity contribution in [3.8, 4) is 0 Å². The van der Waals surface area contributed by atoms with Crippen molar-refractivity contribution < 1.29 is 19.0 Å². The molecule has 174 valence electrons. The van der Waals surface area contributed by atoms with E-state index in [4.69, 9.17) is 19.9 Å². The molecule has 0 unspecified atom stereocenters. The van der Waals surface area contributed by atoms with Gasteiger partial charge in [0.15, 0.2) is 0 Å². The van der Waals surface area contributed by atoms with Crippen LogP contribution in [0.15, 0.2) is 42.5 Å². The molecule has 0 radical (unpaired) electrons. The standard InChI is InChI=1S/C26H36N2O4/c1-30-14-15-32-17-16-31-13-5-6-21(20-26(27)29)22-7-8-24-19-25(10-9-23(24)18-22)28-11-3-2-4-12-28/h7-10,18-20H,2-6,11-17H2,1H3,(H2,27,29). The predicted molar refractivity (Wildman–Crippen MR) is 130 cm³/mol. The van der Waals surface area contributed by atoms with Crippen LogP contribution in [-0.4, -0.2) is 59.1 Å². The Kier molecular flexibility index (Phi) is 10.0. The van der Waals surface area contributed by atoms with Gasteiger partial charge in [0.05, 0.1) is 26.4 Å². The molecule has 1 fully saturated rings. The van der Waals surface area contributed by atoms with Crippen LogP contribution in [0.3, 0.4) is 0 Å². The molecule has 0 bridgehead atoms. The highest BCUT2D eigenvalue weighted by molar-refractivity contribution is 5.96. The zero-order valence-electron chi connectivity index (χ0n) is 19.2. The van der Waals surface area contributed by atoms with Gasteiger partial charge in [0.2, 0.25) is 5.91 Å². The van der Waals surface area contributed by atoms with Gasteiger partial charge >= 0.3 is 0 Å². The van der Waals surface area contributed by atoms with Crippen LogP contribution in [0.2, 0.25) is 0 Å². The van der Waals surface area contributed by atoms with Crippen LogP contribution in [0.4, 0.5) is 5.69 Å². The lowest BCUT2D eigenvalue weighted by molar-refractivity contribution is -0.113. The highest BCUT2D eigenvalue weighted by Gasteiger charge is 2.12. The molecule has 0 saturated carbocycles. The van der Waals surface area contributed by atoms with Crippen LogP contribution in [-0.2, 0) is 19.0 Å². The number of carbonyl (C=O) groups is 1. The van der Waals surface area contributed by atoms with Crippen LogP contribution in [0.25, 0.3) is 16.3 Å². The molecule has 1 saturated heterocycles. The minimum atomic E-state index is -0.423. The van der Waals surface area contributed by atoms with E-state index in [-0.39, 0.29) is 0 Å². The summed E-state index contributed by atoms with van der Waals surface area (Å²) in [5.41, 5.74) is 8.75. The van der Waals surface area contributed by atoms with Crippen molar-refractivity contribution in [1.29, 1.82) is 0 Å². The molecule has 32 heavy (non-hydrogen) atoms. The summed E-state index contributed by atoms with van der Waals surface area (Å²) in [6.45, 7) is 5.15. The number of methoxy groups -OCH3 is 1. The molecular weight excluding hydrogens is 404 g/mol. The predicted octanol–water partition coefficient (Wildman–Crippen LogP) is 4.16. The van der Waals surface area contributed by atoms with Crippen molar-refractivity contribution in [3.63, 3.8) is 0 Å². The second-order valence-corrected chi connectivity index (χ2v) is 8.19. The quantitative estimate of drug-likeness (QED) is 0.374. The maximum atomic E-state index is 11.6. The average molecular weight is 441 g/mol. The number of hydrogen-bond donors (Lipinski definition) is 1. The van der Waals surface area contributed by atoms with Crippen LogP contribution in [0, 0.1) is 0 Å². The summed E-state index contributed by atoms with van der Waals surface area (Å²) in [5.74, 6) is -0.423. The summed E-state index contributed by atoms with van der Waals surface area (Å²) in [6.07, 6.45) is 6.94. The van der Waals surface area contributed by atoms with Crippen LogP contribution >= 0.6 is 0 Å². The van der Waals surface area contributed by atoms with Gasteiger partial charge in [-0.25, -0.2) is 0 Å². The van der Waals surface area contributed by atoms with Gasteiger partial charge in [0.25, 0.3) is 0 Å². The molecule has 2 aromatic rings. The normalized spacial score (nSPS) is 14.8. The third-order valence-electron chi connectivity index (χ3n) is 5.77. The van der Waals surface area contributed by atoms with E-state index < -0.39 is 5.91 Å². The van der Waals surface area contributed by atoms with Crippen molar-refractivity contribution in [2.24, 2.45) is 5.73 Å². The molecule has 6 heteroatoms. The number of carbonyl (C=O) groups excluding carboxylic acids is 1. The summed E-state index contributed by atoms with van der Waals surface area (Å²) >= 11 is 0. The number of amides is 1. The minimum absolute atomic E-state index is 0.423.